The number of nitrogens with zero attached hydrogens (tertiary/aromatic N) is 2. The highest BCUT2D eigenvalue weighted by atomic mass is 32.2. The molecule has 1 aromatic rings. The lowest BCUT2D eigenvalue weighted by Gasteiger charge is -2.34. The molecule has 2 heterocycles. The first-order chi connectivity index (χ1) is 15.7. The molecule has 0 saturated carbocycles. The summed E-state index contributed by atoms with van der Waals surface area (Å²) in [6.45, 7) is 7.39. The van der Waals surface area contributed by atoms with Crippen LogP contribution in [-0.4, -0.2) is 68.8 Å². The first-order valence-electron chi connectivity index (χ1n) is 11.6. The molecule has 2 aliphatic heterocycles. The summed E-state index contributed by atoms with van der Waals surface area (Å²) in [5.41, 5.74) is 0.319. The third-order valence-corrected chi connectivity index (χ3v) is 8.89. The number of rotatable bonds is 10. The normalized spacial score (nSPS) is 21.4. The molecule has 33 heavy (non-hydrogen) atoms. The van der Waals surface area contributed by atoms with Crippen LogP contribution in [0.2, 0.25) is 0 Å². The second kappa shape index (κ2) is 11.6. The Kier molecular flexibility index (Phi) is 9.06. The summed E-state index contributed by atoms with van der Waals surface area (Å²) >= 11 is 1.85. The minimum absolute atomic E-state index is 0.110. The van der Waals surface area contributed by atoms with Gasteiger partial charge >= 0.3 is 0 Å². The second-order valence-corrected chi connectivity index (χ2v) is 12.1. The minimum Gasteiger partial charge on any atom is -0.482 e. The molecule has 0 spiro atoms. The van der Waals surface area contributed by atoms with Crippen molar-refractivity contribution in [2.24, 2.45) is 11.8 Å². The summed E-state index contributed by atoms with van der Waals surface area (Å²) in [5, 5.41) is 2.85. The molecule has 2 amide bonds. The number of carbonyl (C=O) groups excluding carboxylic acids is 2. The van der Waals surface area contributed by atoms with Crippen molar-refractivity contribution in [3.8, 4) is 5.75 Å². The number of hydrogen-bond donors (Lipinski definition) is 1. The standard InChI is InChI=1S/C23H35N3O5S2/c1-4-9-32-10-5-8-24-22(27)15-26-20-12-19(6-7-21(20)31-16-23(26)28)33(29,30)25-13-17(2)11-18(3)14-25/h6-7,12,17-18H,4-5,8-11,13-16H2,1-3H3,(H,24,27)/t17-,18-/m0/s1. The number of nitrogens with one attached hydrogen (secondary N) is 1. The van der Waals surface area contributed by atoms with Gasteiger partial charge in [0.05, 0.1) is 10.6 Å². The Balaban J connectivity index is 1.72. The fraction of sp³-hybridized carbons (Fsp3) is 0.652. The van der Waals surface area contributed by atoms with Crippen LogP contribution in [0.25, 0.3) is 0 Å². The number of carbonyl (C=O) groups is 2. The molecule has 8 nitrogen and oxygen atoms in total. The van der Waals surface area contributed by atoms with Crippen molar-refractivity contribution in [3.63, 3.8) is 0 Å². The quantitative estimate of drug-likeness (QED) is 0.500. The van der Waals surface area contributed by atoms with Crippen molar-refractivity contribution < 1.29 is 22.7 Å². The lowest BCUT2D eigenvalue weighted by molar-refractivity contribution is -0.125. The molecule has 1 N–H and O–H groups in total. The van der Waals surface area contributed by atoms with E-state index in [-0.39, 0.29) is 41.7 Å². The number of piperidine rings is 1. The lowest BCUT2D eigenvalue weighted by Crippen LogP contribution is -2.45. The molecule has 2 aliphatic rings. The van der Waals surface area contributed by atoms with E-state index in [1.54, 1.807) is 6.07 Å². The maximum atomic E-state index is 13.3. The van der Waals surface area contributed by atoms with Crippen LogP contribution >= 0.6 is 11.8 Å². The zero-order chi connectivity index (χ0) is 24.0. The van der Waals surface area contributed by atoms with Gasteiger partial charge in [-0.2, -0.15) is 16.1 Å². The SMILES string of the molecule is CCCSCCCNC(=O)CN1C(=O)COc2ccc(S(=O)(=O)N3C[C@@H](C)C[C@H](C)C3)cc21. The van der Waals surface area contributed by atoms with E-state index in [0.29, 0.717) is 31.1 Å². The topological polar surface area (TPSA) is 96.0 Å². The van der Waals surface area contributed by atoms with Gasteiger partial charge in [-0.3, -0.25) is 14.5 Å². The van der Waals surface area contributed by atoms with Crippen molar-refractivity contribution >= 4 is 39.3 Å². The van der Waals surface area contributed by atoms with Crippen LogP contribution in [0, 0.1) is 11.8 Å². The van der Waals surface area contributed by atoms with Gasteiger partial charge < -0.3 is 10.1 Å². The first-order valence-corrected chi connectivity index (χ1v) is 14.2. The highest BCUT2D eigenvalue weighted by molar-refractivity contribution is 7.99. The molecule has 1 aromatic carbocycles. The molecule has 10 heteroatoms. The van der Waals surface area contributed by atoms with Crippen molar-refractivity contribution in [1.82, 2.24) is 9.62 Å². The zero-order valence-corrected chi connectivity index (χ0v) is 21.3. The third kappa shape index (κ3) is 6.64. The van der Waals surface area contributed by atoms with E-state index in [4.69, 9.17) is 4.74 Å². The minimum atomic E-state index is -3.72. The van der Waals surface area contributed by atoms with Gasteiger partial charge in [-0.1, -0.05) is 20.8 Å². The smallest absolute Gasteiger partial charge is 0.265 e. The van der Waals surface area contributed by atoms with E-state index in [2.05, 4.69) is 26.1 Å². The molecule has 184 valence electrons. The van der Waals surface area contributed by atoms with E-state index in [1.165, 1.54) is 21.3 Å². The molecule has 0 bridgehead atoms. The molecule has 0 aliphatic carbocycles. The number of ether oxygens (including phenoxy) is 1. The van der Waals surface area contributed by atoms with Crippen molar-refractivity contribution in [2.75, 3.05) is 49.2 Å². The summed E-state index contributed by atoms with van der Waals surface area (Å²) in [5.74, 6) is 2.40. The Labute approximate surface area is 201 Å². The Morgan fingerprint density at radius 1 is 1.21 bits per heavy atom. The van der Waals surface area contributed by atoms with Gasteiger partial charge in [0.25, 0.3) is 5.91 Å². The number of sulfonamides is 1. The van der Waals surface area contributed by atoms with Crippen LogP contribution in [0.3, 0.4) is 0 Å². The number of fused-ring (bicyclic) bond motifs is 1. The Morgan fingerprint density at radius 2 is 1.94 bits per heavy atom. The molecule has 0 unspecified atom stereocenters. The average molecular weight is 498 g/mol. The summed E-state index contributed by atoms with van der Waals surface area (Å²) in [6.07, 6.45) is 2.99. The Hall–Kier alpha value is -1.78. The van der Waals surface area contributed by atoms with Gasteiger partial charge in [0.15, 0.2) is 6.61 Å². The number of thioether (sulfide) groups is 1. The number of hydrogen-bond acceptors (Lipinski definition) is 6. The molecule has 0 radical (unpaired) electrons. The Bertz CT molecular complexity index is 943. The summed E-state index contributed by atoms with van der Waals surface area (Å²) in [4.78, 5) is 26.5. The fourth-order valence-corrected chi connectivity index (χ4v) is 6.86. The largest absolute Gasteiger partial charge is 0.482 e. The molecule has 1 saturated heterocycles. The third-order valence-electron chi connectivity index (χ3n) is 5.78. The number of anilines is 1. The van der Waals surface area contributed by atoms with Crippen LogP contribution in [0.15, 0.2) is 23.1 Å². The lowest BCUT2D eigenvalue weighted by atomic mass is 9.94. The van der Waals surface area contributed by atoms with Crippen LogP contribution in [0.4, 0.5) is 5.69 Å². The highest BCUT2D eigenvalue weighted by Gasteiger charge is 2.34. The summed E-state index contributed by atoms with van der Waals surface area (Å²) in [6, 6.07) is 4.54. The van der Waals surface area contributed by atoms with Gasteiger partial charge in [0, 0.05) is 19.6 Å². The molecular formula is C23H35N3O5S2. The van der Waals surface area contributed by atoms with Gasteiger partial charge in [0.1, 0.15) is 12.3 Å². The van der Waals surface area contributed by atoms with Gasteiger partial charge in [-0.05, 0) is 60.8 Å². The molecule has 1 fully saturated rings. The predicted molar refractivity (Wildman–Crippen MR) is 131 cm³/mol. The monoisotopic (exact) mass is 497 g/mol. The van der Waals surface area contributed by atoms with E-state index < -0.39 is 10.0 Å². The maximum absolute atomic E-state index is 13.3. The van der Waals surface area contributed by atoms with Gasteiger partial charge in [0.2, 0.25) is 15.9 Å². The van der Waals surface area contributed by atoms with Crippen LogP contribution in [-0.2, 0) is 19.6 Å². The van der Waals surface area contributed by atoms with E-state index in [0.717, 1.165) is 30.8 Å². The molecular weight excluding hydrogens is 462 g/mol. The van der Waals surface area contributed by atoms with E-state index in [9.17, 15) is 18.0 Å². The highest BCUT2D eigenvalue weighted by Crippen LogP contribution is 2.36. The molecule has 3 rings (SSSR count). The Morgan fingerprint density at radius 3 is 2.64 bits per heavy atom. The van der Waals surface area contributed by atoms with Crippen molar-refractivity contribution in [3.05, 3.63) is 18.2 Å². The summed E-state index contributed by atoms with van der Waals surface area (Å²) in [7, 11) is -3.72. The first kappa shape index (κ1) is 25.8. The maximum Gasteiger partial charge on any atom is 0.265 e. The van der Waals surface area contributed by atoms with E-state index >= 15 is 0 Å². The predicted octanol–water partition coefficient (Wildman–Crippen LogP) is 2.73. The number of benzene rings is 1. The fourth-order valence-electron chi connectivity index (χ4n) is 4.31. The van der Waals surface area contributed by atoms with Crippen LogP contribution in [0.1, 0.15) is 40.0 Å². The van der Waals surface area contributed by atoms with Crippen molar-refractivity contribution in [1.29, 1.82) is 0 Å². The average Bonchev–Trinajstić information content (AvgIpc) is 2.77. The van der Waals surface area contributed by atoms with Crippen LogP contribution in [0.5, 0.6) is 5.75 Å². The van der Waals surface area contributed by atoms with Gasteiger partial charge in [-0.25, -0.2) is 8.42 Å². The zero-order valence-electron chi connectivity index (χ0n) is 19.7. The van der Waals surface area contributed by atoms with Crippen LogP contribution < -0.4 is 15.0 Å². The second-order valence-electron chi connectivity index (χ2n) is 8.98. The summed E-state index contributed by atoms with van der Waals surface area (Å²) < 4.78 is 33.7. The van der Waals surface area contributed by atoms with E-state index in [1.807, 2.05) is 11.8 Å². The van der Waals surface area contributed by atoms with Gasteiger partial charge in [-0.15, -0.1) is 0 Å². The molecule has 0 aromatic heterocycles. The van der Waals surface area contributed by atoms with Crippen molar-refractivity contribution in [2.45, 2.75) is 44.9 Å². The molecule has 2 atom stereocenters. The number of amides is 2.